The molecule has 0 radical (unpaired) electrons. The van der Waals surface area contributed by atoms with Crippen LogP contribution in [0.1, 0.15) is 38.4 Å². The van der Waals surface area contributed by atoms with E-state index in [-0.39, 0.29) is 18.1 Å². The molecule has 0 aliphatic heterocycles. The number of nitrogens with zero attached hydrogens (tertiary/aromatic N) is 3. The third-order valence-corrected chi connectivity index (χ3v) is 4.24. The van der Waals surface area contributed by atoms with Gasteiger partial charge in [0.1, 0.15) is 0 Å². The van der Waals surface area contributed by atoms with E-state index in [4.69, 9.17) is 11.6 Å². The predicted molar refractivity (Wildman–Crippen MR) is 99.9 cm³/mol. The Morgan fingerprint density at radius 2 is 1.96 bits per heavy atom. The lowest BCUT2D eigenvalue weighted by Gasteiger charge is -2.16. The van der Waals surface area contributed by atoms with Gasteiger partial charge in [0, 0.05) is 16.5 Å². The van der Waals surface area contributed by atoms with E-state index in [2.05, 4.69) is 20.7 Å². The Hall–Kier alpha value is -2.60. The zero-order chi connectivity index (χ0) is 18.0. The number of fused-ring (bicyclic) bond motifs is 1. The predicted octanol–water partition coefficient (Wildman–Crippen LogP) is 4.55. The summed E-state index contributed by atoms with van der Waals surface area (Å²) >= 11 is 6.16. The standard InChI is InChI=1S/C18H20ClN5O/c1-11(2)24-17-13(9-21-24)8-14(10-20-17)23-18(25)22-12(3)15-6-4-5-7-16(15)19/h4-12H,1-3H3,(H2,22,23,25). The molecule has 0 fully saturated rings. The van der Waals surface area contributed by atoms with Gasteiger partial charge in [-0.2, -0.15) is 5.10 Å². The molecular formula is C18H20ClN5O. The number of anilines is 1. The van der Waals surface area contributed by atoms with Crippen LogP contribution in [-0.4, -0.2) is 20.8 Å². The van der Waals surface area contributed by atoms with E-state index in [1.54, 1.807) is 18.5 Å². The fourth-order valence-electron chi connectivity index (χ4n) is 2.65. The molecule has 7 heteroatoms. The molecule has 25 heavy (non-hydrogen) atoms. The molecule has 130 valence electrons. The average molecular weight is 358 g/mol. The second-order valence-electron chi connectivity index (χ2n) is 6.16. The lowest BCUT2D eigenvalue weighted by molar-refractivity contribution is 0.249. The molecule has 3 aromatic rings. The first-order valence-corrected chi connectivity index (χ1v) is 8.48. The summed E-state index contributed by atoms with van der Waals surface area (Å²) in [6.45, 7) is 5.97. The van der Waals surface area contributed by atoms with Gasteiger partial charge in [0.2, 0.25) is 0 Å². The van der Waals surface area contributed by atoms with Gasteiger partial charge in [-0.05, 0) is 38.5 Å². The van der Waals surface area contributed by atoms with Gasteiger partial charge in [-0.25, -0.2) is 14.5 Å². The summed E-state index contributed by atoms with van der Waals surface area (Å²) in [7, 11) is 0. The SMILES string of the molecule is CC(NC(=O)Nc1cnc2c(cnn2C(C)C)c1)c1ccccc1Cl. The van der Waals surface area contributed by atoms with E-state index in [1.165, 1.54) is 0 Å². The van der Waals surface area contributed by atoms with Crippen molar-refractivity contribution < 1.29 is 4.79 Å². The Morgan fingerprint density at radius 1 is 1.20 bits per heavy atom. The summed E-state index contributed by atoms with van der Waals surface area (Å²) in [5, 5.41) is 11.5. The Labute approximate surface area is 151 Å². The molecule has 0 bridgehead atoms. The zero-order valence-corrected chi connectivity index (χ0v) is 15.1. The highest BCUT2D eigenvalue weighted by Crippen LogP contribution is 2.23. The number of carbonyl (C=O) groups excluding carboxylic acids is 1. The summed E-state index contributed by atoms with van der Waals surface area (Å²) in [6.07, 6.45) is 3.38. The minimum absolute atomic E-state index is 0.214. The van der Waals surface area contributed by atoms with E-state index >= 15 is 0 Å². The number of benzene rings is 1. The van der Waals surface area contributed by atoms with Crippen molar-refractivity contribution in [3.63, 3.8) is 0 Å². The van der Waals surface area contributed by atoms with E-state index in [1.807, 2.05) is 49.7 Å². The maximum Gasteiger partial charge on any atom is 0.319 e. The summed E-state index contributed by atoms with van der Waals surface area (Å²) < 4.78 is 1.85. The van der Waals surface area contributed by atoms with Crippen LogP contribution in [0.3, 0.4) is 0 Å². The molecule has 3 rings (SSSR count). The van der Waals surface area contributed by atoms with E-state index in [0.717, 1.165) is 16.6 Å². The highest BCUT2D eigenvalue weighted by Gasteiger charge is 2.13. The van der Waals surface area contributed by atoms with E-state index in [0.29, 0.717) is 10.7 Å². The molecule has 6 nitrogen and oxygen atoms in total. The first kappa shape index (κ1) is 17.2. The highest BCUT2D eigenvalue weighted by molar-refractivity contribution is 6.31. The Balaban J connectivity index is 1.70. The van der Waals surface area contributed by atoms with Crippen LogP contribution in [-0.2, 0) is 0 Å². The number of nitrogens with one attached hydrogen (secondary N) is 2. The fourth-order valence-corrected chi connectivity index (χ4v) is 2.95. The molecule has 2 N–H and O–H groups in total. The van der Waals surface area contributed by atoms with Crippen molar-refractivity contribution in [2.45, 2.75) is 32.9 Å². The van der Waals surface area contributed by atoms with Crippen LogP contribution in [0.15, 0.2) is 42.7 Å². The quantitative estimate of drug-likeness (QED) is 0.719. The lowest BCUT2D eigenvalue weighted by atomic mass is 10.1. The van der Waals surface area contributed by atoms with E-state index < -0.39 is 0 Å². The molecule has 0 saturated heterocycles. The van der Waals surface area contributed by atoms with Gasteiger partial charge in [0.05, 0.1) is 24.1 Å². The van der Waals surface area contributed by atoms with Gasteiger partial charge in [0.25, 0.3) is 0 Å². The van der Waals surface area contributed by atoms with Crippen LogP contribution in [0.4, 0.5) is 10.5 Å². The number of aromatic nitrogens is 3. The Kier molecular flexibility index (Phi) is 4.90. The largest absolute Gasteiger partial charge is 0.331 e. The Bertz CT molecular complexity index is 905. The van der Waals surface area contributed by atoms with Crippen molar-refractivity contribution >= 4 is 34.4 Å². The first-order valence-electron chi connectivity index (χ1n) is 8.11. The van der Waals surface area contributed by atoms with Crippen molar-refractivity contribution in [2.75, 3.05) is 5.32 Å². The second kappa shape index (κ2) is 7.11. The fraction of sp³-hybridized carbons (Fsp3) is 0.278. The van der Waals surface area contributed by atoms with E-state index in [9.17, 15) is 4.79 Å². The number of rotatable bonds is 4. The summed E-state index contributed by atoms with van der Waals surface area (Å²) in [4.78, 5) is 16.6. The third-order valence-electron chi connectivity index (χ3n) is 3.90. The number of amides is 2. The minimum atomic E-state index is -0.315. The molecule has 1 atom stereocenters. The maximum absolute atomic E-state index is 12.2. The van der Waals surface area contributed by atoms with Crippen molar-refractivity contribution in [1.82, 2.24) is 20.1 Å². The van der Waals surface area contributed by atoms with Crippen molar-refractivity contribution in [2.24, 2.45) is 0 Å². The van der Waals surface area contributed by atoms with Crippen LogP contribution in [0.25, 0.3) is 11.0 Å². The summed E-state index contributed by atoms with van der Waals surface area (Å²) in [5.41, 5.74) is 2.27. The molecule has 1 unspecified atom stereocenters. The average Bonchev–Trinajstić information content (AvgIpc) is 2.98. The van der Waals surface area contributed by atoms with Crippen molar-refractivity contribution in [1.29, 1.82) is 0 Å². The molecule has 0 aliphatic rings. The van der Waals surface area contributed by atoms with Crippen LogP contribution in [0.5, 0.6) is 0 Å². The van der Waals surface area contributed by atoms with Gasteiger partial charge in [-0.3, -0.25) is 0 Å². The number of urea groups is 1. The molecule has 0 saturated carbocycles. The minimum Gasteiger partial charge on any atom is -0.331 e. The topological polar surface area (TPSA) is 71.8 Å². The molecule has 2 aromatic heterocycles. The van der Waals surface area contributed by atoms with Crippen LogP contribution >= 0.6 is 11.6 Å². The maximum atomic E-state index is 12.2. The number of pyridine rings is 1. The lowest BCUT2D eigenvalue weighted by Crippen LogP contribution is -2.31. The molecular weight excluding hydrogens is 338 g/mol. The molecule has 0 aliphatic carbocycles. The number of halogens is 1. The highest BCUT2D eigenvalue weighted by atomic mass is 35.5. The smallest absolute Gasteiger partial charge is 0.319 e. The second-order valence-corrected chi connectivity index (χ2v) is 6.57. The molecule has 2 heterocycles. The zero-order valence-electron chi connectivity index (χ0n) is 14.3. The summed E-state index contributed by atoms with van der Waals surface area (Å²) in [6, 6.07) is 8.99. The number of hydrogen-bond acceptors (Lipinski definition) is 3. The number of carbonyl (C=O) groups is 1. The van der Waals surface area contributed by atoms with Gasteiger partial charge in [0.15, 0.2) is 5.65 Å². The van der Waals surface area contributed by atoms with Gasteiger partial charge < -0.3 is 10.6 Å². The van der Waals surface area contributed by atoms with Gasteiger partial charge in [-0.15, -0.1) is 0 Å². The monoisotopic (exact) mass is 357 g/mol. The molecule has 1 aromatic carbocycles. The van der Waals surface area contributed by atoms with Crippen LogP contribution in [0.2, 0.25) is 5.02 Å². The number of hydrogen-bond donors (Lipinski definition) is 2. The van der Waals surface area contributed by atoms with Crippen LogP contribution in [0, 0.1) is 0 Å². The van der Waals surface area contributed by atoms with Gasteiger partial charge >= 0.3 is 6.03 Å². The van der Waals surface area contributed by atoms with Crippen molar-refractivity contribution in [3.05, 3.63) is 53.3 Å². The third kappa shape index (κ3) is 3.74. The molecule has 0 spiro atoms. The Morgan fingerprint density at radius 3 is 2.68 bits per heavy atom. The van der Waals surface area contributed by atoms with Crippen molar-refractivity contribution in [3.8, 4) is 0 Å². The molecule has 2 amide bonds. The first-order chi connectivity index (χ1) is 12.0. The summed E-state index contributed by atoms with van der Waals surface area (Å²) in [5.74, 6) is 0. The van der Waals surface area contributed by atoms with Crippen LogP contribution < -0.4 is 10.6 Å². The normalized spacial score (nSPS) is 12.4. The van der Waals surface area contributed by atoms with Gasteiger partial charge in [-0.1, -0.05) is 29.8 Å².